The minimum atomic E-state index is -2.91. The molecule has 4 heterocycles. The van der Waals surface area contributed by atoms with Crippen molar-refractivity contribution in [3.05, 3.63) is 70.3 Å². The Kier molecular flexibility index (Phi) is 5.59. The summed E-state index contributed by atoms with van der Waals surface area (Å²) in [5, 5.41) is 5.62. The van der Waals surface area contributed by atoms with Gasteiger partial charge in [-0.1, -0.05) is 30.3 Å². The fraction of sp³-hybridized carbons (Fsp3) is 0.217. The third-order valence-corrected chi connectivity index (χ3v) is 6.27. The maximum absolute atomic E-state index is 13.1. The van der Waals surface area contributed by atoms with Gasteiger partial charge in [-0.05, 0) is 30.7 Å². The quantitative estimate of drug-likeness (QED) is 0.417. The average Bonchev–Trinajstić information content (AvgIpc) is 3.47. The highest BCUT2D eigenvalue weighted by molar-refractivity contribution is 7.11. The van der Waals surface area contributed by atoms with Crippen LogP contribution in [0, 0.1) is 6.92 Å². The molecule has 1 aliphatic heterocycles. The Balaban J connectivity index is 1.42. The number of carbonyl (C=O) groups is 1. The number of pyridine rings is 1. The molecule has 0 fully saturated rings. The number of rotatable bonds is 6. The lowest BCUT2D eigenvalue weighted by Crippen LogP contribution is -2.30. The van der Waals surface area contributed by atoms with Crippen molar-refractivity contribution in [2.45, 2.75) is 33.2 Å². The third-order valence-electron chi connectivity index (χ3n) is 5.27. The van der Waals surface area contributed by atoms with Gasteiger partial charge in [0.2, 0.25) is 5.91 Å². The summed E-state index contributed by atoms with van der Waals surface area (Å²) in [4.78, 5) is 24.7. The third kappa shape index (κ3) is 4.47. The predicted octanol–water partition coefficient (Wildman–Crippen LogP) is 4.52. The molecule has 1 amide bonds. The van der Waals surface area contributed by atoms with Crippen LogP contribution in [0.1, 0.15) is 15.6 Å². The Hall–Kier alpha value is -3.66. The minimum Gasteiger partial charge on any atom is -0.433 e. The smallest absolute Gasteiger partial charge is 0.387 e. The van der Waals surface area contributed by atoms with Gasteiger partial charge in [0, 0.05) is 4.88 Å². The Morgan fingerprint density at radius 3 is 2.67 bits per heavy atom. The van der Waals surface area contributed by atoms with Gasteiger partial charge in [0.1, 0.15) is 18.0 Å². The van der Waals surface area contributed by atoms with Crippen LogP contribution in [-0.2, 0) is 24.4 Å². The number of fused-ring (bicyclic) bond motifs is 1. The van der Waals surface area contributed by atoms with E-state index < -0.39 is 6.61 Å². The summed E-state index contributed by atoms with van der Waals surface area (Å²) in [7, 11) is 0. The highest BCUT2D eigenvalue weighted by Gasteiger charge is 2.27. The standard InChI is InChI=1S/C23H19F2N5O2S/c1-14-27-19-11-29(12-21(19)33-14)22(31)13-30-20(15-5-3-2-4-6-15)9-18(28-30)17-8-7-16(10-26-17)32-23(24)25/h2-10,23H,11-13H2,1H3. The number of nitrogens with zero attached hydrogens (tertiary/aromatic N) is 5. The van der Waals surface area contributed by atoms with Crippen molar-refractivity contribution in [3.63, 3.8) is 0 Å². The second kappa shape index (κ2) is 8.70. The van der Waals surface area contributed by atoms with E-state index in [0.29, 0.717) is 24.5 Å². The van der Waals surface area contributed by atoms with E-state index >= 15 is 0 Å². The summed E-state index contributed by atoms with van der Waals surface area (Å²) in [5.41, 5.74) is 3.65. The van der Waals surface area contributed by atoms with Gasteiger partial charge in [0.25, 0.3) is 0 Å². The second-order valence-electron chi connectivity index (χ2n) is 7.55. The molecule has 0 N–H and O–H groups in total. The van der Waals surface area contributed by atoms with Crippen molar-refractivity contribution in [2.75, 3.05) is 0 Å². The number of aryl methyl sites for hydroxylation is 1. The predicted molar refractivity (Wildman–Crippen MR) is 119 cm³/mol. The summed E-state index contributed by atoms with van der Waals surface area (Å²) < 4.78 is 30.9. The molecule has 0 spiro atoms. The summed E-state index contributed by atoms with van der Waals surface area (Å²) in [5.74, 6) is -0.0877. The SMILES string of the molecule is Cc1nc2c(s1)CN(C(=O)Cn1nc(-c3ccc(OC(F)F)cn3)cc1-c1ccccc1)C2. The van der Waals surface area contributed by atoms with E-state index in [0.717, 1.165) is 26.8 Å². The molecule has 1 aliphatic rings. The van der Waals surface area contributed by atoms with Gasteiger partial charge in [0.15, 0.2) is 0 Å². The second-order valence-corrected chi connectivity index (χ2v) is 8.84. The molecule has 4 aromatic rings. The molecular formula is C23H19F2N5O2S. The van der Waals surface area contributed by atoms with E-state index in [9.17, 15) is 13.6 Å². The molecule has 7 nitrogen and oxygen atoms in total. The van der Waals surface area contributed by atoms with Crippen LogP contribution in [0.3, 0.4) is 0 Å². The number of halogens is 2. The van der Waals surface area contributed by atoms with Crippen LogP contribution in [0.25, 0.3) is 22.6 Å². The van der Waals surface area contributed by atoms with Crippen molar-refractivity contribution in [2.24, 2.45) is 0 Å². The topological polar surface area (TPSA) is 73.1 Å². The Bertz CT molecular complexity index is 1260. The monoisotopic (exact) mass is 467 g/mol. The van der Waals surface area contributed by atoms with Crippen molar-refractivity contribution >= 4 is 17.2 Å². The molecule has 33 heavy (non-hydrogen) atoms. The largest absolute Gasteiger partial charge is 0.433 e. The van der Waals surface area contributed by atoms with Crippen LogP contribution in [-0.4, -0.2) is 37.2 Å². The summed E-state index contributed by atoms with van der Waals surface area (Å²) in [6, 6.07) is 14.4. The van der Waals surface area contributed by atoms with Crippen LogP contribution in [0.5, 0.6) is 5.75 Å². The summed E-state index contributed by atoms with van der Waals surface area (Å²) in [6.45, 7) is 0.168. The number of alkyl halides is 2. The van der Waals surface area contributed by atoms with Gasteiger partial charge >= 0.3 is 6.61 Å². The molecule has 0 saturated heterocycles. The molecule has 3 aromatic heterocycles. The first kappa shape index (κ1) is 21.2. The van der Waals surface area contributed by atoms with E-state index in [1.165, 1.54) is 12.3 Å². The molecule has 0 unspecified atom stereocenters. The van der Waals surface area contributed by atoms with Gasteiger partial charge in [-0.25, -0.2) is 4.98 Å². The molecule has 0 bridgehead atoms. The minimum absolute atomic E-state index is 0.0306. The zero-order chi connectivity index (χ0) is 22.9. The zero-order valence-corrected chi connectivity index (χ0v) is 18.4. The normalized spacial score (nSPS) is 12.9. The van der Waals surface area contributed by atoms with Gasteiger partial charge in [-0.15, -0.1) is 11.3 Å². The number of hydrogen-bond acceptors (Lipinski definition) is 6. The fourth-order valence-electron chi connectivity index (χ4n) is 3.78. The molecule has 10 heteroatoms. The van der Waals surface area contributed by atoms with Crippen LogP contribution >= 0.6 is 11.3 Å². The van der Waals surface area contributed by atoms with Gasteiger partial charge in [-0.2, -0.15) is 13.9 Å². The number of benzene rings is 1. The van der Waals surface area contributed by atoms with Crippen molar-refractivity contribution in [1.82, 2.24) is 24.6 Å². The van der Waals surface area contributed by atoms with Crippen molar-refractivity contribution < 1.29 is 18.3 Å². The van der Waals surface area contributed by atoms with Gasteiger partial charge in [-0.3, -0.25) is 14.5 Å². The Labute approximate surface area is 192 Å². The molecule has 5 rings (SSSR count). The van der Waals surface area contributed by atoms with Gasteiger partial charge in [0.05, 0.1) is 41.4 Å². The fourth-order valence-corrected chi connectivity index (χ4v) is 4.74. The van der Waals surface area contributed by atoms with E-state index in [-0.39, 0.29) is 18.2 Å². The summed E-state index contributed by atoms with van der Waals surface area (Å²) >= 11 is 1.62. The van der Waals surface area contributed by atoms with Crippen molar-refractivity contribution in [3.8, 4) is 28.4 Å². The lowest BCUT2D eigenvalue weighted by molar-refractivity contribution is -0.132. The number of carbonyl (C=O) groups excluding carboxylic acids is 1. The van der Waals surface area contributed by atoms with Gasteiger partial charge < -0.3 is 9.64 Å². The van der Waals surface area contributed by atoms with Crippen LogP contribution in [0.4, 0.5) is 8.78 Å². The van der Waals surface area contributed by atoms with Crippen LogP contribution in [0.2, 0.25) is 0 Å². The molecule has 168 valence electrons. The maximum atomic E-state index is 13.1. The summed E-state index contributed by atoms with van der Waals surface area (Å²) in [6.07, 6.45) is 1.23. The molecule has 1 aromatic carbocycles. The van der Waals surface area contributed by atoms with Crippen LogP contribution < -0.4 is 4.74 Å². The molecule has 0 saturated carbocycles. The molecule has 0 radical (unpaired) electrons. The first-order valence-electron chi connectivity index (χ1n) is 10.2. The lowest BCUT2D eigenvalue weighted by Gasteiger charge is -2.16. The average molecular weight is 468 g/mol. The Morgan fingerprint density at radius 2 is 1.97 bits per heavy atom. The number of thiazole rings is 1. The van der Waals surface area contributed by atoms with Crippen molar-refractivity contribution in [1.29, 1.82) is 0 Å². The highest BCUT2D eigenvalue weighted by Crippen LogP contribution is 2.29. The van der Waals surface area contributed by atoms with E-state index in [4.69, 9.17) is 0 Å². The van der Waals surface area contributed by atoms with E-state index in [1.54, 1.807) is 27.0 Å². The zero-order valence-electron chi connectivity index (χ0n) is 17.6. The highest BCUT2D eigenvalue weighted by atomic mass is 32.1. The van der Waals surface area contributed by atoms with E-state index in [1.807, 2.05) is 43.3 Å². The first-order chi connectivity index (χ1) is 16.0. The van der Waals surface area contributed by atoms with E-state index in [2.05, 4.69) is 19.8 Å². The van der Waals surface area contributed by atoms with Crippen LogP contribution in [0.15, 0.2) is 54.7 Å². The number of amides is 1. The number of aromatic nitrogens is 4. The molecule has 0 aliphatic carbocycles. The lowest BCUT2D eigenvalue weighted by atomic mass is 10.1. The molecular weight excluding hydrogens is 448 g/mol. The maximum Gasteiger partial charge on any atom is 0.387 e. The number of hydrogen-bond donors (Lipinski definition) is 0. The molecule has 0 atom stereocenters. The Morgan fingerprint density at radius 1 is 1.15 bits per heavy atom. The number of ether oxygens (including phenoxy) is 1. The first-order valence-corrected chi connectivity index (χ1v) is 11.1.